The maximum atomic E-state index is 12.1. The van der Waals surface area contributed by atoms with E-state index in [1.807, 2.05) is 91.0 Å². The first kappa shape index (κ1) is 28.0. The molecule has 0 radical (unpaired) electrons. The van der Waals surface area contributed by atoms with E-state index in [1.54, 1.807) is 13.8 Å². The Kier molecular flexibility index (Phi) is 8.68. The second-order valence-corrected chi connectivity index (χ2v) is 12.2. The minimum Gasteiger partial charge on any atom is -0.390 e. The van der Waals surface area contributed by atoms with Crippen molar-refractivity contribution in [1.29, 1.82) is 0 Å². The van der Waals surface area contributed by atoms with Crippen molar-refractivity contribution in [2.24, 2.45) is 0 Å². The molecule has 1 aromatic heterocycles. The van der Waals surface area contributed by atoms with Crippen LogP contribution >= 0.6 is 11.6 Å². The summed E-state index contributed by atoms with van der Waals surface area (Å²) in [6, 6.07) is 25.1. The van der Waals surface area contributed by atoms with Crippen molar-refractivity contribution >= 4 is 44.8 Å². The normalized spacial score (nSPS) is 13.3. The molecule has 5 nitrogen and oxygen atoms in total. The number of hydrogen-bond acceptors (Lipinski definition) is 5. The van der Waals surface area contributed by atoms with Crippen LogP contribution in [0.5, 0.6) is 0 Å². The van der Waals surface area contributed by atoms with Gasteiger partial charge in [0, 0.05) is 16.8 Å². The zero-order valence-corrected chi connectivity index (χ0v) is 23.3. The van der Waals surface area contributed by atoms with Crippen LogP contribution in [0, 0.1) is 0 Å². The number of rotatable bonds is 10. The lowest BCUT2D eigenvalue weighted by Crippen LogP contribution is -2.22. The Labute approximate surface area is 229 Å². The average Bonchev–Trinajstić information content (AvgIpc) is 2.84. The molecule has 1 unspecified atom stereocenters. The van der Waals surface area contributed by atoms with E-state index in [9.17, 15) is 13.5 Å². The van der Waals surface area contributed by atoms with Crippen LogP contribution in [-0.4, -0.2) is 30.4 Å². The zero-order valence-electron chi connectivity index (χ0n) is 21.8. The Bertz CT molecular complexity index is 1560. The molecule has 38 heavy (non-hydrogen) atoms. The molecular formula is C31H32ClNO4S. The van der Waals surface area contributed by atoms with Crippen LogP contribution in [0.2, 0.25) is 5.02 Å². The second kappa shape index (κ2) is 11.8. The quantitative estimate of drug-likeness (QED) is 0.215. The van der Waals surface area contributed by atoms with Gasteiger partial charge >= 0.3 is 0 Å². The molecule has 4 aromatic rings. The van der Waals surface area contributed by atoms with Gasteiger partial charge in [-0.25, -0.2) is 4.98 Å². The summed E-state index contributed by atoms with van der Waals surface area (Å²) in [5.41, 5.74) is 4.55. The van der Waals surface area contributed by atoms with E-state index in [2.05, 4.69) is 4.98 Å². The fraction of sp³-hybridized carbons (Fsp3) is 0.258. The van der Waals surface area contributed by atoms with Gasteiger partial charge in [-0.2, -0.15) is 8.42 Å². The Balaban J connectivity index is 1.56. The van der Waals surface area contributed by atoms with E-state index in [-0.39, 0.29) is 0 Å². The second-order valence-electron chi connectivity index (χ2n) is 10.2. The molecule has 198 valence electrons. The lowest BCUT2D eigenvalue weighted by atomic mass is 9.91. The fourth-order valence-corrected chi connectivity index (χ4v) is 5.25. The van der Waals surface area contributed by atoms with Gasteiger partial charge in [-0.15, -0.1) is 0 Å². The van der Waals surface area contributed by atoms with Crippen LogP contribution in [0.1, 0.15) is 54.3 Å². The third kappa shape index (κ3) is 8.23. The summed E-state index contributed by atoms with van der Waals surface area (Å²) in [5.74, 6) is 0. The van der Waals surface area contributed by atoms with E-state index in [0.29, 0.717) is 24.3 Å². The number of hydrogen-bond donors (Lipinski definition) is 1. The molecule has 1 N–H and O–H groups in total. The minimum absolute atomic E-state index is 0.468. The van der Waals surface area contributed by atoms with Crippen molar-refractivity contribution in [1.82, 2.24) is 4.98 Å². The van der Waals surface area contributed by atoms with Gasteiger partial charge in [0.2, 0.25) is 0 Å². The number of halogens is 1. The maximum absolute atomic E-state index is 12.1. The molecular weight excluding hydrogens is 518 g/mol. The highest BCUT2D eigenvalue weighted by Gasteiger charge is 2.20. The lowest BCUT2D eigenvalue weighted by molar-refractivity contribution is 0.0807. The predicted octanol–water partition coefficient (Wildman–Crippen LogP) is 7.02. The number of nitrogens with zero attached hydrogens (tertiary/aromatic N) is 1. The Morgan fingerprint density at radius 1 is 0.974 bits per heavy atom. The Morgan fingerprint density at radius 3 is 2.45 bits per heavy atom. The summed E-state index contributed by atoms with van der Waals surface area (Å²) in [6.45, 7) is 3.56. The fourth-order valence-electron chi connectivity index (χ4n) is 4.45. The van der Waals surface area contributed by atoms with Crippen LogP contribution < -0.4 is 0 Å². The van der Waals surface area contributed by atoms with Gasteiger partial charge in [-0.05, 0) is 79.3 Å². The maximum Gasteiger partial charge on any atom is 0.264 e. The van der Waals surface area contributed by atoms with Gasteiger partial charge in [0.05, 0.1) is 23.1 Å². The monoisotopic (exact) mass is 549 g/mol. The van der Waals surface area contributed by atoms with Gasteiger partial charge in [0.15, 0.2) is 0 Å². The molecule has 1 atom stereocenters. The highest BCUT2D eigenvalue weighted by Crippen LogP contribution is 2.28. The molecule has 3 aromatic carbocycles. The van der Waals surface area contributed by atoms with Crippen LogP contribution in [0.15, 0.2) is 78.9 Å². The summed E-state index contributed by atoms with van der Waals surface area (Å²) >= 11 is 6.11. The molecule has 0 amide bonds. The zero-order chi connectivity index (χ0) is 27.3. The third-order valence-electron chi connectivity index (χ3n) is 6.11. The van der Waals surface area contributed by atoms with Gasteiger partial charge in [-0.3, -0.25) is 4.18 Å². The standard InChI is InChI=1S/C31H32ClNO4S/c1-31(2,34)21-26-9-5-4-8-23(26)14-18-30(37-38(3,35)36)25-10-6-7-22(19-25)11-16-28-17-13-24-12-15-27(32)20-29(24)33-28/h4-13,15-17,19-20,30,34H,14,18,21H2,1-3H3/b16-11+. The number of aryl methyl sites for hydroxylation is 1. The smallest absolute Gasteiger partial charge is 0.264 e. The number of pyridine rings is 1. The van der Waals surface area contributed by atoms with Gasteiger partial charge in [0.25, 0.3) is 10.1 Å². The van der Waals surface area contributed by atoms with Gasteiger partial charge in [-0.1, -0.05) is 72.3 Å². The Morgan fingerprint density at radius 2 is 1.71 bits per heavy atom. The average molecular weight is 550 g/mol. The van der Waals surface area contributed by atoms with Crippen molar-refractivity contribution in [3.63, 3.8) is 0 Å². The topological polar surface area (TPSA) is 76.5 Å². The molecule has 0 aliphatic heterocycles. The van der Waals surface area contributed by atoms with Crippen molar-refractivity contribution in [3.05, 3.63) is 112 Å². The van der Waals surface area contributed by atoms with E-state index < -0.39 is 21.8 Å². The van der Waals surface area contributed by atoms with Gasteiger partial charge < -0.3 is 5.11 Å². The van der Waals surface area contributed by atoms with Crippen molar-refractivity contribution in [3.8, 4) is 0 Å². The van der Waals surface area contributed by atoms with Crippen LogP contribution in [-0.2, 0) is 27.1 Å². The molecule has 0 aliphatic rings. The first-order valence-electron chi connectivity index (χ1n) is 12.5. The summed E-state index contributed by atoms with van der Waals surface area (Å²) in [4.78, 5) is 4.66. The first-order chi connectivity index (χ1) is 17.9. The van der Waals surface area contributed by atoms with E-state index in [1.165, 1.54) is 0 Å². The van der Waals surface area contributed by atoms with E-state index in [0.717, 1.165) is 45.1 Å². The molecule has 0 saturated carbocycles. The molecule has 0 bridgehead atoms. The van der Waals surface area contributed by atoms with E-state index in [4.69, 9.17) is 15.8 Å². The van der Waals surface area contributed by atoms with E-state index >= 15 is 0 Å². The third-order valence-corrected chi connectivity index (χ3v) is 6.93. The summed E-state index contributed by atoms with van der Waals surface area (Å²) in [5, 5.41) is 12.0. The number of benzene rings is 3. The number of aliphatic hydroxyl groups is 1. The first-order valence-corrected chi connectivity index (χ1v) is 14.7. The summed E-state index contributed by atoms with van der Waals surface area (Å²) < 4.78 is 29.8. The Hall–Kier alpha value is -3.03. The lowest BCUT2D eigenvalue weighted by Gasteiger charge is -2.21. The number of fused-ring (bicyclic) bond motifs is 1. The number of aromatic nitrogens is 1. The SMILES string of the molecule is CC(C)(O)Cc1ccccc1CCC(OS(C)(=O)=O)c1cccc(/C=C/c2ccc3ccc(Cl)cc3n2)c1. The molecule has 4 rings (SSSR count). The van der Waals surface area contributed by atoms with Gasteiger partial charge in [0.1, 0.15) is 6.10 Å². The largest absolute Gasteiger partial charge is 0.390 e. The molecule has 0 saturated heterocycles. The predicted molar refractivity (Wildman–Crippen MR) is 156 cm³/mol. The molecule has 0 fully saturated rings. The minimum atomic E-state index is -3.69. The van der Waals surface area contributed by atoms with Crippen molar-refractivity contribution in [2.75, 3.05) is 6.26 Å². The summed E-state index contributed by atoms with van der Waals surface area (Å²) in [6.07, 6.45) is 5.87. The molecule has 1 heterocycles. The molecule has 7 heteroatoms. The molecule has 0 spiro atoms. The highest BCUT2D eigenvalue weighted by atomic mass is 35.5. The highest BCUT2D eigenvalue weighted by molar-refractivity contribution is 7.86. The van der Waals surface area contributed by atoms with Crippen LogP contribution in [0.25, 0.3) is 23.1 Å². The van der Waals surface area contributed by atoms with Crippen molar-refractivity contribution < 1.29 is 17.7 Å². The summed E-state index contributed by atoms with van der Waals surface area (Å²) in [7, 11) is -3.69. The molecule has 0 aliphatic carbocycles. The van der Waals surface area contributed by atoms with Crippen molar-refractivity contribution in [2.45, 2.75) is 44.8 Å². The van der Waals surface area contributed by atoms with Crippen LogP contribution in [0.4, 0.5) is 0 Å². The van der Waals surface area contributed by atoms with Crippen LogP contribution in [0.3, 0.4) is 0 Å².